The van der Waals surface area contributed by atoms with Gasteiger partial charge in [-0.2, -0.15) is 0 Å². The third-order valence-electron chi connectivity index (χ3n) is 4.68. The molecule has 1 N–H and O–H groups in total. The van der Waals surface area contributed by atoms with Crippen LogP contribution in [0.2, 0.25) is 0 Å². The van der Waals surface area contributed by atoms with Crippen LogP contribution in [0.4, 0.5) is 11.4 Å². The van der Waals surface area contributed by atoms with Gasteiger partial charge in [-0.05, 0) is 56.3 Å². The highest BCUT2D eigenvalue weighted by Gasteiger charge is 2.22. The smallest absolute Gasteiger partial charge is 0.264 e. The lowest BCUT2D eigenvalue weighted by atomic mass is 10.1. The zero-order valence-electron chi connectivity index (χ0n) is 16.9. The number of carbonyl (C=O) groups excluding carboxylic acids is 2. The maximum Gasteiger partial charge on any atom is 0.264 e. The van der Waals surface area contributed by atoms with Gasteiger partial charge in [-0.25, -0.2) is 8.42 Å². The van der Waals surface area contributed by atoms with Crippen LogP contribution in [0, 0.1) is 6.92 Å². The molecule has 0 saturated carbocycles. The second kappa shape index (κ2) is 8.51. The Bertz CT molecular complexity index is 1200. The lowest BCUT2D eigenvalue weighted by Gasteiger charge is -2.20. The summed E-state index contributed by atoms with van der Waals surface area (Å²) in [5, 5.41) is 2.74. The fraction of sp³-hybridized carbons (Fsp3) is 0.130. The fourth-order valence-corrected chi connectivity index (χ4v) is 4.06. The predicted octanol–water partition coefficient (Wildman–Crippen LogP) is 4.28. The highest BCUT2D eigenvalue weighted by atomic mass is 32.2. The first-order valence-electron chi connectivity index (χ1n) is 9.26. The minimum absolute atomic E-state index is 0.101. The summed E-state index contributed by atoms with van der Waals surface area (Å²) in [5.41, 5.74) is 2.60. The van der Waals surface area contributed by atoms with Crippen LogP contribution in [0.15, 0.2) is 77.7 Å². The molecule has 0 heterocycles. The third kappa shape index (κ3) is 4.58. The summed E-state index contributed by atoms with van der Waals surface area (Å²) in [4.78, 5) is 24.4. The van der Waals surface area contributed by atoms with Crippen molar-refractivity contribution in [3.8, 4) is 0 Å². The van der Waals surface area contributed by atoms with Gasteiger partial charge in [0, 0.05) is 23.9 Å². The number of nitrogens with one attached hydrogen (secondary N) is 1. The quantitative estimate of drug-likeness (QED) is 0.601. The SMILES string of the molecule is CC(=O)c1cccc(NC(=O)c2cccc(N(C)S(=O)(=O)c3ccc(C)cc3)c2)c1. The Balaban J connectivity index is 1.85. The molecule has 0 spiro atoms. The molecule has 0 aliphatic rings. The van der Waals surface area contributed by atoms with Crippen LogP contribution in [0.25, 0.3) is 0 Å². The number of hydrogen-bond donors (Lipinski definition) is 1. The Morgan fingerprint density at radius 1 is 0.867 bits per heavy atom. The summed E-state index contributed by atoms with van der Waals surface area (Å²) in [5.74, 6) is -0.505. The number of anilines is 2. The molecule has 0 atom stereocenters. The summed E-state index contributed by atoms with van der Waals surface area (Å²) < 4.78 is 27.0. The van der Waals surface area contributed by atoms with Crippen LogP contribution in [-0.4, -0.2) is 27.2 Å². The molecule has 0 radical (unpaired) electrons. The maximum absolute atomic E-state index is 12.9. The molecule has 0 aromatic heterocycles. The Morgan fingerprint density at radius 2 is 1.50 bits per heavy atom. The van der Waals surface area contributed by atoms with Crippen LogP contribution in [0.3, 0.4) is 0 Å². The molecular formula is C23H22N2O4S. The van der Waals surface area contributed by atoms with E-state index in [4.69, 9.17) is 0 Å². The number of benzene rings is 3. The standard InChI is InChI=1S/C23H22N2O4S/c1-16-10-12-22(13-11-16)30(28,29)25(3)21-9-5-7-19(15-21)23(27)24-20-8-4-6-18(14-20)17(2)26/h4-15H,1-3H3,(H,24,27). The van der Waals surface area contributed by atoms with Crippen LogP contribution in [0.5, 0.6) is 0 Å². The van der Waals surface area contributed by atoms with Gasteiger partial charge in [0.05, 0.1) is 10.6 Å². The molecule has 30 heavy (non-hydrogen) atoms. The van der Waals surface area contributed by atoms with Gasteiger partial charge in [0.15, 0.2) is 5.78 Å². The number of nitrogens with zero attached hydrogens (tertiary/aromatic N) is 1. The number of sulfonamides is 1. The summed E-state index contributed by atoms with van der Waals surface area (Å²) in [6, 6.07) is 19.6. The third-order valence-corrected chi connectivity index (χ3v) is 6.48. The first-order valence-corrected chi connectivity index (χ1v) is 10.7. The van der Waals surface area contributed by atoms with E-state index in [0.29, 0.717) is 22.5 Å². The molecule has 0 aliphatic heterocycles. The van der Waals surface area contributed by atoms with Crippen LogP contribution in [0.1, 0.15) is 33.2 Å². The first-order chi connectivity index (χ1) is 14.2. The van der Waals surface area contributed by atoms with E-state index in [0.717, 1.165) is 9.87 Å². The minimum atomic E-state index is -3.76. The van der Waals surface area contributed by atoms with E-state index in [1.807, 2.05) is 6.92 Å². The molecule has 0 bridgehead atoms. The van der Waals surface area contributed by atoms with Crippen molar-refractivity contribution in [2.24, 2.45) is 0 Å². The molecule has 0 saturated heterocycles. The van der Waals surface area contributed by atoms with E-state index in [-0.39, 0.29) is 10.7 Å². The number of hydrogen-bond acceptors (Lipinski definition) is 4. The maximum atomic E-state index is 12.9. The van der Waals surface area contributed by atoms with Gasteiger partial charge in [-0.3, -0.25) is 13.9 Å². The summed E-state index contributed by atoms with van der Waals surface area (Å²) >= 11 is 0. The van der Waals surface area contributed by atoms with E-state index in [1.54, 1.807) is 66.7 Å². The van der Waals surface area contributed by atoms with Crippen molar-refractivity contribution < 1.29 is 18.0 Å². The van der Waals surface area contributed by atoms with Crippen molar-refractivity contribution in [3.63, 3.8) is 0 Å². The number of ketones is 1. The molecule has 0 unspecified atom stereocenters. The van der Waals surface area contributed by atoms with Crippen molar-refractivity contribution in [1.82, 2.24) is 0 Å². The van der Waals surface area contributed by atoms with Gasteiger partial charge in [-0.1, -0.05) is 35.9 Å². The van der Waals surface area contributed by atoms with E-state index in [2.05, 4.69) is 5.32 Å². The second-order valence-electron chi connectivity index (χ2n) is 6.93. The van der Waals surface area contributed by atoms with Crippen molar-refractivity contribution in [3.05, 3.63) is 89.5 Å². The molecule has 6 nitrogen and oxygen atoms in total. The fourth-order valence-electron chi connectivity index (χ4n) is 2.87. The molecule has 3 rings (SSSR count). The molecule has 3 aromatic carbocycles. The van der Waals surface area contributed by atoms with Crippen molar-refractivity contribution in [1.29, 1.82) is 0 Å². The number of carbonyl (C=O) groups is 2. The number of rotatable bonds is 6. The average molecular weight is 423 g/mol. The molecule has 154 valence electrons. The second-order valence-corrected chi connectivity index (χ2v) is 8.90. The molecule has 0 aliphatic carbocycles. The zero-order chi connectivity index (χ0) is 21.9. The van der Waals surface area contributed by atoms with Gasteiger partial charge in [-0.15, -0.1) is 0 Å². The normalized spacial score (nSPS) is 11.0. The highest BCUT2D eigenvalue weighted by Crippen LogP contribution is 2.24. The molecule has 0 fully saturated rings. The first kappa shape index (κ1) is 21.3. The lowest BCUT2D eigenvalue weighted by Crippen LogP contribution is -2.27. The number of aryl methyl sites for hydroxylation is 1. The van der Waals surface area contributed by atoms with E-state index in [1.165, 1.54) is 20.0 Å². The van der Waals surface area contributed by atoms with Gasteiger partial charge >= 0.3 is 0 Å². The van der Waals surface area contributed by atoms with Gasteiger partial charge in [0.25, 0.3) is 15.9 Å². The van der Waals surface area contributed by atoms with Gasteiger partial charge in [0.2, 0.25) is 0 Å². The highest BCUT2D eigenvalue weighted by molar-refractivity contribution is 7.92. The minimum Gasteiger partial charge on any atom is -0.322 e. The number of amides is 1. The average Bonchev–Trinajstić information content (AvgIpc) is 2.73. The summed E-state index contributed by atoms with van der Waals surface area (Å²) in [6.07, 6.45) is 0. The number of Topliss-reactive ketones (excluding diaryl/α,β-unsaturated/α-hetero) is 1. The van der Waals surface area contributed by atoms with Crippen molar-refractivity contribution in [2.75, 3.05) is 16.7 Å². The summed E-state index contributed by atoms with van der Waals surface area (Å²) in [7, 11) is -2.31. The largest absolute Gasteiger partial charge is 0.322 e. The van der Waals surface area contributed by atoms with E-state index < -0.39 is 15.9 Å². The van der Waals surface area contributed by atoms with Crippen LogP contribution in [-0.2, 0) is 10.0 Å². The molecule has 1 amide bonds. The van der Waals surface area contributed by atoms with E-state index >= 15 is 0 Å². The Kier molecular flexibility index (Phi) is 6.03. The topological polar surface area (TPSA) is 83.6 Å². The summed E-state index contributed by atoms with van der Waals surface area (Å²) in [6.45, 7) is 3.34. The predicted molar refractivity (Wildman–Crippen MR) is 118 cm³/mol. The van der Waals surface area contributed by atoms with Crippen molar-refractivity contribution in [2.45, 2.75) is 18.7 Å². The molecular weight excluding hydrogens is 400 g/mol. The monoisotopic (exact) mass is 422 g/mol. The Morgan fingerprint density at radius 3 is 2.17 bits per heavy atom. The lowest BCUT2D eigenvalue weighted by molar-refractivity contribution is 0.101. The van der Waals surface area contributed by atoms with Crippen LogP contribution < -0.4 is 9.62 Å². The van der Waals surface area contributed by atoms with Crippen molar-refractivity contribution >= 4 is 33.1 Å². The van der Waals surface area contributed by atoms with Gasteiger partial charge in [0.1, 0.15) is 0 Å². The van der Waals surface area contributed by atoms with E-state index in [9.17, 15) is 18.0 Å². The molecule has 3 aromatic rings. The Labute approximate surface area is 176 Å². The zero-order valence-corrected chi connectivity index (χ0v) is 17.7. The van der Waals surface area contributed by atoms with Crippen LogP contribution >= 0.6 is 0 Å². The van der Waals surface area contributed by atoms with Gasteiger partial charge < -0.3 is 5.32 Å². The molecule has 7 heteroatoms. The Hall–Kier alpha value is -3.45.